The Kier molecular flexibility index (Phi) is 8.69. The van der Waals surface area contributed by atoms with Gasteiger partial charge >= 0.3 is 0 Å². The highest BCUT2D eigenvalue weighted by Gasteiger charge is 2.33. The molecule has 10 heteroatoms. The van der Waals surface area contributed by atoms with Crippen molar-refractivity contribution in [3.8, 4) is 17.2 Å². The zero-order chi connectivity index (χ0) is 31.7. The number of amides is 2. The molecule has 2 amide bonds. The van der Waals surface area contributed by atoms with Gasteiger partial charge in [0.15, 0.2) is 11.5 Å². The van der Waals surface area contributed by atoms with Crippen LogP contribution in [-0.2, 0) is 24.8 Å². The van der Waals surface area contributed by atoms with E-state index in [1.165, 1.54) is 0 Å². The Bertz CT molecular complexity index is 1720. The first kappa shape index (κ1) is 30.5. The second kappa shape index (κ2) is 12.8. The molecular formula is C35H40N4O6. The second-order valence-electron chi connectivity index (χ2n) is 12.2. The fourth-order valence-corrected chi connectivity index (χ4v) is 6.19. The quantitative estimate of drug-likeness (QED) is 0.288. The second-order valence-corrected chi connectivity index (χ2v) is 12.2. The standard InChI is InChI=1S/C35H40N4O6/c1-22-16-39(23(2)20-40)35(42)28-15-26(36-34(41)14-25-18-38(4)29-8-6-5-7-27(25)29)10-12-30(28)45-33(22)19-37(3)17-24-9-11-31-32(13-24)44-21-43-31/h5-13,15,18,22-23,33,40H,14,16-17,19-21H2,1-4H3,(H,36,41)/t22-,23-,33+/m1/s1. The van der Waals surface area contributed by atoms with Crippen molar-refractivity contribution < 1.29 is 28.9 Å². The zero-order valence-corrected chi connectivity index (χ0v) is 26.2. The monoisotopic (exact) mass is 612 g/mol. The molecule has 236 valence electrons. The van der Waals surface area contributed by atoms with Gasteiger partial charge in [0.25, 0.3) is 5.91 Å². The molecule has 3 aromatic carbocycles. The van der Waals surface area contributed by atoms with Crippen LogP contribution in [0, 0.1) is 5.92 Å². The molecule has 6 rings (SSSR count). The third-order valence-corrected chi connectivity index (χ3v) is 8.66. The minimum absolute atomic E-state index is 0.0182. The first-order valence-corrected chi connectivity index (χ1v) is 15.3. The van der Waals surface area contributed by atoms with Crippen molar-refractivity contribution in [3.05, 3.63) is 83.6 Å². The summed E-state index contributed by atoms with van der Waals surface area (Å²) in [6, 6.07) is 18.8. The van der Waals surface area contributed by atoms with Gasteiger partial charge in [-0.05, 0) is 61.5 Å². The molecular weight excluding hydrogens is 572 g/mol. The minimum atomic E-state index is -0.387. The van der Waals surface area contributed by atoms with Crippen LogP contribution in [0.3, 0.4) is 0 Å². The molecule has 10 nitrogen and oxygen atoms in total. The highest BCUT2D eigenvalue weighted by atomic mass is 16.7. The van der Waals surface area contributed by atoms with Gasteiger partial charge in [0, 0.05) is 55.4 Å². The van der Waals surface area contributed by atoms with E-state index in [-0.39, 0.29) is 49.7 Å². The van der Waals surface area contributed by atoms with Crippen LogP contribution in [0.25, 0.3) is 10.9 Å². The number of fused-ring (bicyclic) bond motifs is 3. The maximum absolute atomic E-state index is 13.9. The molecule has 3 atom stereocenters. The molecule has 2 N–H and O–H groups in total. The van der Waals surface area contributed by atoms with Crippen molar-refractivity contribution in [2.45, 2.75) is 39.0 Å². The SMILES string of the molecule is C[C@@H]1CN([C@H](C)CO)C(=O)c2cc(NC(=O)Cc3cn(C)c4ccccc34)ccc2O[C@H]1CN(C)Cc1ccc2c(c1)OCO2. The maximum atomic E-state index is 13.9. The topological polar surface area (TPSA) is 106 Å². The Hall–Kier alpha value is -4.54. The van der Waals surface area contributed by atoms with Gasteiger partial charge in [-0.15, -0.1) is 0 Å². The van der Waals surface area contributed by atoms with Gasteiger partial charge in [-0.1, -0.05) is 31.2 Å². The summed E-state index contributed by atoms with van der Waals surface area (Å²) in [5.74, 6) is 1.52. The number of aliphatic hydroxyl groups excluding tert-OH is 1. The lowest BCUT2D eigenvalue weighted by Crippen LogP contribution is -2.49. The van der Waals surface area contributed by atoms with Crippen LogP contribution in [0.2, 0.25) is 0 Å². The Morgan fingerprint density at radius 3 is 2.69 bits per heavy atom. The number of carbonyl (C=O) groups is 2. The van der Waals surface area contributed by atoms with Crippen molar-refractivity contribution in [1.29, 1.82) is 0 Å². The number of ether oxygens (including phenoxy) is 3. The predicted molar refractivity (Wildman–Crippen MR) is 172 cm³/mol. The van der Waals surface area contributed by atoms with Gasteiger partial charge in [0.05, 0.1) is 24.6 Å². The number of nitrogens with one attached hydrogen (secondary N) is 1. The highest BCUT2D eigenvalue weighted by molar-refractivity contribution is 6.00. The maximum Gasteiger partial charge on any atom is 0.258 e. The fourth-order valence-electron chi connectivity index (χ4n) is 6.19. The molecule has 0 bridgehead atoms. The number of aryl methyl sites for hydroxylation is 1. The Balaban J connectivity index is 1.21. The molecule has 2 aliphatic rings. The van der Waals surface area contributed by atoms with Gasteiger partial charge in [-0.3, -0.25) is 14.5 Å². The van der Waals surface area contributed by atoms with E-state index >= 15 is 0 Å². The van der Waals surface area contributed by atoms with E-state index in [9.17, 15) is 14.7 Å². The van der Waals surface area contributed by atoms with Gasteiger partial charge in [-0.25, -0.2) is 0 Å². The molecule has 1 aromatic heterocycles. The van der Waals surface area contributed by atoms with Crippen molar-refractivity contribution >= 4 is 28.4 Å². The van der Waals surface area contributed by atoms with E-state index in [1.54, 1.807) is 23.1 Å². The molecule has 3 heterocycles. The molecule has 45 heavy (non-hydrogen) atoms. The Morgan fingerprint density at radius 1 is 1.09 bits per heavy atom. The molecule has 0 spiro atoms. The molecule has 2 aliphatic heterocycles. The van der Waals surface area contributed by atoms with Crippen molar-refractivity contribution in [2.75, 3.05) is 38.9 Å². The summed E-state index contributed by atoms with van der Waals surface area (Å²) in [5.41, 5.74) is 3.95. The fraction of sp³-hybridized carbons (Fsp3) is 0.371. The molecule has 4 aromatic rings. The zero-order valence-electron chi connectivity index (χ0n) is 26.2. The number of benzene rings is 3. The van der Waals surface area contributed by atoms with Crippen LogP contribution in [0.15, 0.2) is 66.9 Å². The number of hydrogen-bond donors (Lipinski definition) is 2. The molecule has 0 radical (unpaired) electrons. The van der Waals surface area contributed by atoms with Crippen LogP contribution in [0.1, 0.15) is 35.3 Å². The summed E-state index contributed by atoms with van der Waals surface area (Å²) in [6.07, 6.45) is 1.93. The molecule has 0 unspecified atom stereocenters. The van der Waals surface area contributed by atoms with Crippen LogP contribution < -0.4 is 19.5 Å². The summed E-state index contributed by atoms with van der Waals surface area (Å²) >= 11 is 0. The van der Waals surface area contributed by atoms with E-state index in [0.717, 1.165) is 33.5 Å². The van der Waals surface area contributed by atoms with E-state index in [1.807, 2.05) is 74.2 Å². The smallest absolute Gasteiger partial charge is 0.258 e. The summed E-state index contributed by atoms with van der Waals surface area (Å²) in [4.78, 5) is 30.9. The minimum Gasteiger partial charge on any atom is -0.488 e. The molecule has 0 fully saturated rings. The normalized spacial score (nSPS) is 18.4. The van der Waals surface area contributed by atoms with Crippen molar-refractivity contribution in [3.63, 3.8) is 0 Å². The number of para-hydroxylation sites is 1. The van der Waals surface area contributed by atoms with E-state index in [4.69, 9.17) is 14.2 Å². The number of carbonyl (C=O) groups excluding carboxylic acids is 2. The van der Waals surface area contributed by atoms with Crippen LogP contribution >= 0.6 is 0 Å². The van der Waals surface area contributed by atoms with Gasteiger partial charge in [0.1, 0.15) is 11.9 Å². The third kappa shape index (κ3) is 6.48. The first-order valence-electron chi connectivity index (χ1n) is 15.3. The Labute approximate surface area is 263 Å². The molecule has 0 saturated heterocycles. The van der Waals surface area contributed by atoms with Crippen LogP contribution in [0.4, 0.5) is 5.69 Å². The van der Waals surface area contributed by atoms with E-state index < -0.39 is 0 Å². The number of rotatable bonds is 9. The van der Waals surface area contributed by atoms with Crippen LogP contribution in [-0.4, -0.2) is 77.0 Å². The average molecular weight is 613 g/mol. The number of aliphatic hydroxyl groups is 1. The summed E-state index contributed by atoms with van der Waals surface area (Å²) < 4.78 is 19.6. The number of nitrogens with zero attached hydrogens (tertiary/aromatic N) is 3. The third-order valence-electron chi connectivity index (χ3n) is 8.66. The number of hydrogen-bond acceptors (Lipinski definition) is 7. The summed E-state index contributed by atoms with van der Waals surface area (Å²) in [5, 5.41) is 14.0. The first-order chi connectivity index (χ1) is 21.7. The summed E-state index contributed by atoms with van der Waals surface area (Å²) in [7, 11) is 4.00. The van der Waals surface area contributed by atoms with Gasteiger partial charge in [-0.2, -0.15) is 0 Å². The lowest BCUT2D eigenvalue weighted by atomic mass is 9.99. The van der Waals surface area contributed by atoms with Crippen molar-refractivity contribution in [2.24, 2.45) is 13.0 Å². The molecule has 0 aliphatic carbocycles. The Morgan fingerprint density at radius 2 is 1.87 bits per heavy atom. The predicted octanol–water partition coefficient (Wildman–Crippen LogP) is 4.44. The van der Waals surface area contributed by atoms with E-state index in [2.05, 4.69) is 17.1 Å². The van der Waals surface area contributed by atoms with Gasteiger partial charge < -0.3 is 34.1 Å². The summed E-state index contributed by atoms with van der Waals surface area (Å²) in [6.45, 7) is 5.67. The van der Waals surface area contributed by atoms with Crippen molar-refractivity contribution in [1.82, 2.24) is 14.4 Å². The lowest BCUT2D eigenvalue weighted by Gasteiger charge is -2.38. The number of anilines is 1. The van der Waals surface area contributed by atoms with Crippen LogP contribution in [0.5, 0.6) is 17.2 Å². The average Bonchev–Trinajstić information content (AvgIpc) is 3.62. The largest absolute Gasteiger partial charge is 0.488 e. The van der Waals surface area contributed by atoms with E-state index in [0.29, 0.717) is 36.6 Å². The van der Waals surface area contributed by atoms with Gasteiger partial charge in [0.2, 0.25) is 12.7 Å². The number of likely N-dealkylation sites (N-methyl/N-ethyl adjacent to an activating group) is 1. The number of aromatic nitrogens is 1. The lowest BCUT2D eigenvalue weighted by molar-refractivity contribution is -0.115. The highest BCUT2D eigenvalue weighted by Crippen LogP contribution is 2.34. The molecule has 0 saturated carbocycles.